The summed E-state index contributed by atoms with van der Waals surface area (Å²) in [4.78, 5) is 13.6. The van der Waals surface area contributed by atoms with E-state index >= 15 is 0 Å². The molecule has 1 heterocycles. The Morgan fingerprint density at radius 1 is 1.47 bits per heavy atom. The summed E-state index contributed by atoms with van der Waals surface area (Å²) in [6.45, 7) is 7.69. The molecule has 0 spiro atoms. The number of urea groups is 1. The molecule has 0 aromatic rings. The molecule has 1 aliphatic heterocycles. The van der Waals surface area contributed by atoms with Crippen molar-refractivity contribution in [2.75, 3.05) is 26.2 Å². The van der Waals surface area contributed by atoms with E-state index in [0.717, 1.165) is 39.0 Å². The zero-order chi connectivity index (χ0) is 11.1. The third-order valence-electron chi connectivity index (χ3n) is 2.73. The van der Waals surface area contributed by atoms with Crippen LogP contribution in [0.5, 0.6) is 0 Å². The van der Waals surface area contributed by atoms with Crippen LogP contribution in [0.15, 0.2) is 0 Å². The molecule has 0 aromatic carbocycles. The Hall–Kier alpha value is -0.770. The highest BCUT2D eigenvalue weighted by atomic mass is 16.2. The van der Waals surface area contributed by atoms with E-state index in [2.05, 4.69) is 24.5 Å². The topological polar surface area (TPSA) is 44.4 Å². The minimum atomic E-state index is 0.0967. The Bertz CT molecular complexity index is 194. The van der Waals surface area contributed by atoms with Crippen molar-refractivity contribution in [1.29, 1.82) is 0 Å². The van der Waals surface area contributed by atoms with Gasteiger partial charge in [-0.05, 0) is 25.8 Å². The Kier molecular flexibility index (Phi) is 5.47. The highest BCUT2D eigenvalue weighted by Crippen LogP contribution is 2.09. The van der Waals surface area contributed by atoms with Gasteiger partial charge in [-0.2, -0.15) is 0 Å². The highest BCUT2D eigenvalue weighted by molar-refractivity contribution is 5.74. The third-order valence-corrected chi connectivity index (χ3v) is 2.73. The number of nitrogens with one attached hydrogen (secondary N) is 2. The largest absolute Gasteiger partial charge is 0.338 e. The molecule has 0 saturated carbocycles. The van der Waals surface area contributed by atoms with Crippen LogP contribution in [0, 0.1) is 0 Å². The fraction of sp³-hybridized carbons (Fsp3) is 0.909. The number of hydrogen-bond donors (Lipinski definition) is 2. The molecular weight excluding hydrogens is 190 g/mol. The second kappa shape index (κ2) is 6.67. The van der Waals surface area contributed by atoms with Gasteiger partial charge in [-0.15, -0.1) is 0 Å². The van der Waals surface area contributed by atoms with E-state index in [4.69, 9.17) is 0 Å². The fourth-order valence-electron chi connectivity index (χ4n) is 1.96. The number of hydrogen-bond acceptors (Lipinski definition) is 2. The molecule has 0 bridgehead atoms. The molecule has 15 heavy (non-hydrogen) atoms. The first-order chi connectivity index (χ1) is 7.27. The first-order valence-electron chi connectivity index (χ1n) is 6.04. The summed E-state index contributed by atoms with van der Waals surface area (Å²) in [5.74, 6) is 0. The van der Waals surface area contributed by atoms with E-state index in [0.29, 0.717) is 6.04 Å². The number of likely N-dealkylation sites (N-methyl/N-ethyl adjacent to an activating group) is 1. The second-order valence-electron chi connectivity index (χ2n) is 4.07. The minimum Gasteiger partial charge on any atom is -0.338 e. The van der Waals surface area contributed by atoms with E-state index in [-0.39, 0.29) is 6.03 Å². The minimum absolute atomic E-state index is 0.0967. The van der Waals surface area contributed by atoms with Crippen LogP contribution in [0.4, 0.5) is 4.79 Å². The van der Waals surface area contributed by atoms with Crippen molar-refractivity contribution in [2.24, 2.45) is 0 Å². The van der Waals surface area contributed by atoms with Gasteiger partial charge < -0.3 is 15.5 Å². The zero-order valence-electron chi connectivity index (χ0n) is 9.88. The molecule has 1 rings (SSSR count). The number of piperidine rings is 1. The summed E-state index contributed by atoms with van der Waals surface area (Å²) in [6, 6.07) is 0.579. The van der Waals surface area contributed by atoms with Crippen molar-refractivity contribution in [1.82, 2.24) is 15.5 Å². The molecule has 4 nitrogen and oxygen atoms in total. The molecule has 0 aliphatic carbocycles. The predicted octanol–water partition coefficient (Wildman–Crippen LogP) is 1.18. The number of amides is 2. The number of carbonyl (C=O) groups is 1. The first-order valence-corrected chi connectivity index (χ1v) is 6.04. The zero-order valence-corrected chi connectivity index (χ0v) is 9.88. The Labute approximate surface area is 92.4 Å². The van der Waals surface area contributed by atoms with Gasteiger partial charge in [0.05, 0.1) is 0 Å². The van der Waals surface area contributed by atoms with Gasteiger partial charge in [0.25, 0.3) is 0 Å². The first kappa shape index (κ1) is 12.3. The maximum atomic E-state index is 11.7. The average Bonchev–Trinajstić information content (AvgIpc) is 2.27. The molecule has 0 radical (unpaired) electrons. The van der Waals surface area contributed by atoms with E-state index < -0.39 is 0 Å². The molecule has 1 saturated heterocycles. The van der Waals surface area contributed by atoms with Crippen LogP contribution in [0.1, 0.15) is 33.1 Å². The summed E-state index contributed by atoms with van der Waals surface area (Å²) in [6.07, 6.45) is 3.29. The lowest BCUT2D eigenvalue weighted by Gasteiger charge is -2.33. The highest BCUT2D eigenvalue weighted by Gasteiger charge is 2.22. The molecule has 88 valence electrons. The Morgan fingerprint density at radius 2 is 2.27 bits per heavy atom. The smallest absolute Gasteiger partial charge is 0.317 e. The monoisotopic (exact) mass is 213 g/mol. The molecule has 1 fully saturated rings. The van der Waals surface area contributed by atoms with E-state index in [9.17, 15) is 4.79 Å². The van der Waals surface area contributed by atoms with Gasteiger partial charge in [-0.1, -0.05) is 13.8 Å². The van der Waals surface area contributed by atoms with Crippen molar-refractivity contribution in [3.63, 3.8) is 0 Å². The van der Waals surface area contributed by atoms with Crippen LogP contribution in [0.2, 0.25) is 0 Å². The normalized spacial score (nSPS) is 21.5. The lowest BCUT2D eigenvalue weighted by molar-refractivity contribution is 0.173. The van der Waals surface area contributed by atoms with Crippen LogP contribution in [0.25, 0.3) is 0 Å². The van der Waals surface area contributed by atoms with Crippen molar-refractivity contribution in [3.05, 3.63) is 0 Å². The number of rotatable bonds is 4. The van der Waals surface area contributed by atoms with Crippen LogP contribution in [-0.4, -0.2) is 43.2 Å². The SMILES string of the molecule is CCCNC(=O)N1CCCC(NCC)C1. The number of nitrogens with zero attached hydrogens (tertiary/aromatic N) is 1. The van der Waals surface area contributed by atoms with Crippen molar-refractivity contribution < 1.29 is 4.79 Å². The molecule has 1 unspecified atom stereocenters. The van der Waals surface area contributed by atoms with E-state index in [1.165, 1.54) is 6.42 Å². The van der Waals surface area contributed by atoms with Crippen LogP contribution < -0.4 is 10.6 Å². The van der Waals surface area contributed by atoms with Gasteiger partial charge in [0.2, 0.25) is 0 Å². The molecular formula is C11H23N3O. The van der Waals surface area contributed by atoms with Crippen LogP contribution >= 0.6 is 0 Å². The summed E-state index contributed by atoms with van der Waals surface area (Å²) < 4.78 is 0. The Morgan fingerprint density at radius 3 is 2.93 bits per heavy atom. The van der Waals surface area contributed by atoms with E-state index in [1.807, 2.05) is 4.90 Å². The molecule has 1 aliphatic rings. The van der Waals surface area contributed by atoms with Crippen molar-refractivity contribution >= 4 is 6.03 Å². The van der Waals surface area contributed by atoms with Gasteiger partial charge in [0, 0.05) is 25.7 Å². The molecule has 0 aromatic heterocycles. The Balaban J connectivity index is 2.31. The maximum absolute atomic E-state index is 11.7. The summed E-state index contributed by atoms with van der Waals surface area (Å²) >= 11 is 0. The molecule has 1 atom stereocenters. The maximum Gasteiger partial charge on any atom is 0.317 e. The van der Waals surface area contributed by atoms with Gasteiger partial charge in [-0.25, -0.2) is 4.79 Å². The standard InChI is InChI=1S/C11H23N3O/c1-3-7-13-11(15)14-8-5-6-10(9-14)12-4-2/h10,12H,3-9H2,1-2H3,(H,13,15). The van der Waals surface area contributed by atoms with Crippen LogP contribution in [0.3, 0.4) is 0 Å². The van der Waals surface area contributed by atoms with Crippen molar-refractivity contribution in [3.8, 4) is 0 Å². The quantitative estimate of drug-likeness (QED) is 0.736. The van der Waals surface area contributed by atoms with Crippen molar-refractivity contribution in [2.45, 2.75) is 39.2 Å². The summed E-state index contributed by atoms with van der Waals surface area (Å²) in [5, 5.41) is 6.33. The fourth-order valence-corrected chi connectivity index (χ4v) is 1.96. The summed E-state index contributed by atoms with van der Waals surface area (Å²) in [5.41, 5.74) is 0. The average molecular weight is 213 g/mol. The third kappa shape index (κ3) is 4.08. The summed E-state index contributed by atoms with van der Waals surface area (Å²) in [7, 11) is 0. The van der Waals surface area contributed by atoms with Gasteiger partial charge >= 0.3 is 6.03 Å². The van der Waals surface area contributed by atoms with Gasteiger partial charge in [0.15, 0.2) is 0 Å². The molecule has 4 heteroatoms. The lowest BCUT2D eigenvalue weighted by atomic mass is 10.1. The molecule has 2 N–H and O–H groups in total. The molecule has 2 amide bonds. The predicted molar refractivity (Wildman–Crippen MR) is 62.0 cm³/mol. The second-order valence-corrected chi connectivity index (χ2v) is 4.07. The van der Waals surface area contributed by atoms with Gasteiger partial charge in [-0.3, -0.25) is 0 Å². The van der Waals surface area contributed by atoms with Crippen LogP contribution in [-0.2, 0) is 0 Å². The number of carbonyl (C=O) groups excluding carboxylic acids is 1. The lowest BCUT2D eigenvalue weighted by Crippen LogP contribution is -2.51. The number of likely N-dealkylation sites (tertiary alicyclic amines) is 1. The van der Waals surface area contributed by atoms with Gasteiger partial charge in [0.1, 0.15) is 0 Å². The van der Waals surface area contributed by atoms with E-state index in [1.54, 1.807) is 0 Å².